The van der Waals surface area contributed by atoms with E-state index in [4.69, 9.17) is 5.53 Å². The molecular weight excluding hydrogens is 270 g/mol. The molecular formula is C19H19N3. The van der Waals surface area contributed by atoms with Gasteiger partial charge in [-0.15, -0.1) is 0 Å². The third kappa shape index (κ3) is 2.40. The Morgan fingerprint density at radius 1 is 1.09 bits per heavy atom. The highest BCUT2D eigenvalue weighted by molar-refractivity contribution is 5.81. The van der Waals surface area contributed by atoms with Crippen LogP contribution in [0.15, 0.2) is 53.7 Å². The summed E-state index contributed by atoms with van der Waals surface area (Å²) < 4.78 is 0. The second-order valence-corrected chi connectivity index (χ2v) is 6.12. The Balaban J connectivity index is 1.92. The average Bonchev–Trinajstić information content (AvgIpc) is 2.76. The Kier molecular flexibility index (Phi) is 3.74. The first kappa shape index (κ1) is 14.4. The van der Waals surface area contributed by atoms with Gasteiger partial charge in [-0.1, -0.05) is 73.6 Å². The molecule has 3 heteroatoms. The number of fused-ring (bicyclic) bond motifs is 3. The summed E-state index contributed by atoms with van der Waals surface area (Å²) in [4.78, 5) is 2.76. The highest BCUT2D eigenvalue weighted by atomic mass is 15.1. The molecule has 0 unspecified atom stereocenters. The molecule has 22 heavy (non-hydrogen) atoms. The van der Waals surface area contributed by atoms with Crippen molar-refractivity contribution in [2.75, 3.05) is 6.54 Å². The first-order valence-corrected chi connectivity index (χ1v) is 7.56. The van der Waals surface area contributed by atoms with Gasteiger partial charge < -0.3 is 0 Å². The third-order valence-electron chi connectivity index (χ3n) is 4.38. The van der Waals surface area contributed by atoms with Gasteiger partial charge >= 0.3 is 0 Å². The van der Waals surface area contributed by atoms with E-state index in [-0.39, 0.29) is 5.41 Å². The second-order valence-electron chi connectivity index (χ2n) is 6.12. The Hall–Kier alpha value is -2.51. The first-order valence-electron chi connectivity index (χ1n) is 7.56. The average molecular weight is 289 g/mol. The molecule has 0 radical (unpaired) electrons. The lowest BCUT2D eigenvalue weighted by molar-refractivity contribution is 0.660. The molecule has 1 aliphatic rings. The zero-order valence-electron chi connectivity index (χ0n) is 13.0. The van der Waals surface area contributed by atoms with Crippen LogP contribution in [0.1, 0.15) is 37.0 Å². The number of hydrogen-bond acceptors (Lipinski definition) is 1. The van der Waals surface area contributed by atoms with Crippen LogP contribution in [0.4, 0.5) is 0 Å². The Morgan fingerprint density at radius 2 is 1.86 bits per heavy atom. The highest BCUT2D eigenvalue weighted by Gasteiger charge is 2.34. The molecule has 2 aromatic rings. The minimum Gasteiger partial charge on any atom is -0.0937 e. The molecule has 0 bridgehead atoms. The summed E-state index contributed by atoms with van der Waals surface area (Å²) in [7, 11) is 0. The van der Waals surface area contributed by atoms with Crippen molar-refractivity contribution in [1.29, 1.82) is 0 Å². The Bertz CT molecular complexity index is 781. The van der Waals surface area contributed by atoms with Crippen LogP contribution < -0.4 is 0 Å². The van der Waals surface area contributed by atoms with Gasteiger partial charge in [0.25, 0.3) is 0 Å². The van der Waals surface area contributed by atoms with Crippen LogP contribution >= 0.6 is 0 Å². The quantitative estimate of drug-likeness (QED) is 0.300. The molecule has 3 nitrogen and oxygen atoms in total. The number of nitrogens with zero attached hydrogens (tertiary/aromatic N) is 3. The lowest BCUT2D eigenvalue weighted by Gasteiger charge is -2.21. The number of hydrogen-bond donors (Lipinski definition) is 0. The minimum atomic E-state index is 0.0425. The van der Waals surface area contributed by atoms with Crippen molar-refractivity contribution in [2.45, 2.75) is 25.7 Å². The van der Waals surface area contributed by atoms with E-state index in [0.29, 0.717) is 6.54 Å². The van der Waals surface area contributed by atoms with Crippen LogP contribution in [0.3, 0.4) is 0 Å². The summed E-state index contributed by atoms with van der Waals surface area (Å²) in [6.45, 7) is 5.08. The summed E-state index contributed by atoms with van der Waals surface area (Å²) >= 11 is 0. The molecule has 0 saturated carbocycles. The number of azide groups is 1. The standard InChI is InChI=1S/C19H19N3/c1-19(2)17-9-4-3-8-15(17)16-11-10-14(13-18(16)19)7-5-6-12-21-22-20/h3-5,7-11,13H,6,12H2,1-2H3. The van der Waals surface area contributed by atoms with Crippen molar-refractivity contribution in [3.63, 3.8) is 0 Å². The molecule has 110 valence electrons. The first-order chi connectivity index (χ1) is 10.6. The number of rotatable bonds is 4. The summed E-state index contributed by atoms with van der Waals surface area (Å²) in [5.74, 6) is 0. The largest absolute Gasteiger partial charge is 0.0937 e. The van der Waals surface area contributed by atoms with Crippen LogP contribution in [0, 0.1) is 0 Å². The molecule has 3 rings (SSSR count). The fraction of sp³-hybridized carbons (Fsp3) is 0.263. The molecule has 0 N–H and O–H groups in total. The van der Waals surface area contributed by atoms with Gasteiger partial charge in [0.05, 0.1) is 0 Å². The predicted octanol–water partition coefficient (Wildman–Crippen LogP) is 5.71. The van der Waals surface area contributed by atoms with Crippen molar-refractivity contribution >= 4 is 6.08 Å². The monoisotopic (exact) mass is 289 g/mol. The minimum absolute atomic E-state index is 0.0425. The van der Waals surface area contributed by atoms with Crippen molar-refractivity contribution in [1.82, 2.24) is 0 Å². The molecule has 0 heterocycles. The molecule has 0 atom stereocenters. The van der Waals surface area contributed by atoms with E-state index in [2.05, 4.69) is 78.5 Å². The van der Waals surface area contributed by atoms with Gasteiger partial charge in [-0.05, 0) is 39.8 Å². The van der Waals surface area contributed by atoms with Crippen LogP contribution in [-0.2, 0) is 5.41 Å². The van der Waals surface area contributed by atoms with Gasteiger partial charge in [0.2, 0.25) is 0 Å². The van der Waals surface area contributed by atoms with Gasteiger partial charge in [0.15, 0.2) is 0 Å². The molecule has 0 spiro atoms. The molecule has 0 fully saturated rings. The predicted molar refractivity (Wildman–Crippen MR) is 91.7 cm³/mol. The van der Waals surface area contributed by atoms with E-state index in [0.717, 1.165) is 6.42 Å². The molecule has 2 aromatic carbocycles. The lowest BCUT2D eigenvalue weighted by atomic mass is 9.82. The summed E-state index contributed by atoms with van der Waals surface area (Å²) in [5, 5.41) is 3.54. The van der Waals surface area contributed by atoms with Gasteiger partial charge in [-0.25, -0.2) is 0 Å². The summed E-state index contributed by atoms with van der Waals surface area (Å²) in [6.07, 6.45) is 4.93. The van der Waals surface area contributed by atoms with Crippen molar-refractivity contribution in [3.05, 3.63) is 75.7 Å². The van der Waals surface area contributed by atoms with Gasteiger partial charge in [0, 0.05) is 16.9 Å². The smallest absolute Gasteiger partial charge is 0.0292 e. The van der Waals surface area contributed by atoms with Crippen molar-refractivity contribution < 1.29 is 0 Å². The molecule has 1 aliphatic carbocycles. The lowest BCUT2D eigenvalue weighted by Crippen LogP contribution is -2.14. The molecule has 0 saturated heterocycles. The topological polar surface area (TPSA) is 48.8 Å². The molecule has 0 aromatic heterocycles. The Labute approximate surface area is 130 Å². The van der Waals surface area contributed by atoms with E-state index >= 15 is 0 Å². The Morgan fingerprint density at radius 3 is 2.68 bits per heavy atom. The SMILES string of the molecule is CC1(C)c2ccccc2-c2ccc(C=CCCN=[N+]=[N-])cc21. The fourth-order valence-electron chi connectivity index (χ4n) is 3.22. The van der Waals surface area contributed by atoms with E-state index in [1.54, 1.807) is 0 Å². The van der Waals surface area contributed by atoms with Crippen molar-refractivity contribution in [2.24, 2.45) is 5.11 Å². The van der Waals surface area contributed by atoms with Crippen LogP contribution in [0.25, 0.3) is 27.6 Å². The maximum Gasteiger partial charge on any atom is 0.0292 e. The van der Waals surface area contributed by atoms with Gasteiger partial charge in [-0.3, -0.25) is 0 Å². The highest BCUT2D eigenvalue weighted by Crippen LogP contribution is 2.48. The maximum absolute atomic E-state index is 8.27. The molecule has 0 amide bonds. The van der Waals surface area contributed by atoms with Crippen LogP contribution in [-0.4, -0.2) is 6.54 Å². The molecule has 0 aliphatic heterocycles. The zero-order chi connectivity index (χ0) is 15.6. The summed E-state index contributed by atoms with van der Waals surface area (Å²) in [6, 6.07) is 15.3. The van der Waals surface area contributed by atoms with E-state index in [9.17, 15) is 0 Å². The van der Waals surface area contributed by atoms with E-state index < -0.39 is 0 Å². The third-order valence-corrected chi connectivity index (χ3v) is 4.38. The normalized spacial score (nSPS) is 14.5. The number of benzene rings is 2. The van der Waals surface area contributed by atoms with Gasteiger partial charge in [-0.2, -0.15) is 0 Å². The van der Waals surface area contributed by atoms with Crippen LogP contribution in [0.5, 0.6) is 0 Å². The van der Waals surface area contributed by atoms with Gasteiger partial charge in [0.1, 0.15) is 0 Å². The van der Waals surface area contributed by atoms with Crippen LogP contribution in [0.2, 0.25) is 0 Å². The fourth-order valence-corrected chi connectivity index (χ4v) is 3.22. The van der Waals surface area contributed by atoms with E-state index in [1.807, 2.05) is 0 Å². The maximum atomic E-state index is 8.27. The zero-order valence-corrected chi connectivity index (χ0v) is 13.0. The summed E-state index contributed by atoms with van der Waals surface area (Å²) in [5.41, 5.74) is 15.0. The second kappa shape index (κ2) is 5.70. The van der Waals surface area contributed by atoms with Crippen molar-refractivity contribution in [3.8, 4) is 11.1 Å². The van der Waals surface area contributed by atoms with E-state index in [1.165, 1.54) is 27.8 Å².